The minimum Gasteiger partial charge on any atom is -0.399 e. The van der Waals surface area contributed by atoms with E-state index in [-0.39, 0.29) is 24.4 Å². The van der Waals surface area contributed by atoms with E-state index in [0.29, 0.717) is 19.8 Å². The van der Waals surface area contributed by atoms with E-state index in [1.807, 2.05) is 0 Å². The summed E-state index contributed by atoms with van der Waals surface area (Å²) < 4.78 is 24.4. The molecule has 3 rings (SSSR count). The van der Waals surface area contributed by atoms with Crippen LogP contribution in [0, 0.1) is 0 Å². The fourth-order valence-corrected chi connectivity index (χ4v) is 3.20. The first-order chi connectivity index (χ1) is 9.39. The molecule has 1 atom stereocenters. The molecule has 0 N–H and O–H groups in total. The van der Waals surface area contributed by atoms with Gasteiger partial charge < -0.3 is 18.8 Å². The monoisotopic (exact) mass is 296 g/mol. The first-order valence-electron chi connectivity index (χ1n) is 7.02. The summed E-state index contributed by atoms with van der Waals surface area (Å²) in [6.45, 7) is 10.2. The van der Waals surface area contributed by atoms with Gasteiger partial charge in [0.25, 0.3) is 0 Å². The normalized spacial score (nSPS) is 28.8. The van der Waals surface area contributed by atoms with Crippen molar-refractivity contribution in [1.82, 2.24) is 0 Å². The molecule has 0 amide bonds. The molecule has 0 aromatic carbocycles. The first kappa shape index (κ1) is 14.5. The van der Waals surface area contributed by atoms with Crippen LogP contribution in [-0.4, -0.2) is 38.1 Å². The molecule has 6 heteroatoms. The van der Waals surface area contributed by atoms with Crippen LogP contribution in [0.3, 0.4) is 0 Å². The van der Waals surface area contributed by atoms with Gasteiger partial charge in [-0.1, -0.05) is 0 Å². The summed E-state index contributed by atoms with van der Waals surface area (Å²) in [6, 6.07) is 2.12. The summed E-state index contributed by atoms with van der Waals surface area (Å²) in [7, 11) is -0.289. The Bertz CT molecular complexity index is 463. The fraction of sp³-hybridized carbons (Fsp3) is 0.714. The van der Waals surface area contributed by atoms with Gasteiger partial charge >= 0.3 is 7.12 Å². The SMILES string of the molecule is CC1(C)OB(c2cc(C3COCCO3)cs2)OC1(C)C. The van der Waals surface area contributed by atoms with Crippen LogP contribution in [0.25, 0.3) is 0 Å². The Hall–Kier alpha value is -0.395. The standard InChI is InChI=1S/C14H21BO4S/c1-13(2)14(3,4)19-15(18-13)12-7-10(9-20-12)11-8-16-5-6-17-11/h7,9,11H,5-6,8H2,1-4H3. The lowest BCUT2D eigenvalue weighted by atomic mass is 9.87. The minimum absolute atomic E-state index is 0.0381. The predicted molar refractivity (Wildman–Crippen MR) is 79.5 cm³/mol. The van der Waals surface area contributed by atoms with Crippen LogP contribution in [-0.2, 0) is 18.8 Å². The van der Waals surface area contributed by atoms with Gasteiger partial charge in [-0.25, -0.2) is 0 Å². The van der Waals surface area contributed by atoms with Gasteiger partial charge in [-0.2, -0.15) is 11.3 Å². The molecule has 1 aromatic heterocycles. The van der Waals surface area contributed by atoms with E-state index in [4.69, 9.17) is 18.8 Å². The lowest BCUT2D eigenvalue weighted by Gasteiger charge is -2.32. The molecule has 0 aliphatic carbocycles. The van der Waals surface area contributed by atoms with E-state index in [0.717, 1.165) is 10.3 Å². The lowest BCUT2D eigenvalue weighted by Crippen LogP contribution is -2.41. The van der Waals surface area contributed by atoms with Crippen molar-refractivity contribution in [3.8, 4) is 0 Å². The molecule has 0 bridgehead atoms. The van der Waals surface area contributed by atoms with Gasteiger partial charge in [0.1, 0.15) is 6.10 Å². The van der Waals surface area contributed by atoms with Gasteiger partial charge in [-0.05, 0) is 44.7 Å². The van der Waals surface area contributed by atoms with Gasteiger partial charge in [0.15, 0.2) is 0 Å². The quantitative estimate of drug-likeness (QED) is 0.784. The van der Waals surface area contributed by atoms with Gasteiger partial charge in [0.2, 0.25) is 0 Å². The second-order valence-corrected chi connectivity index (χ2v) is 7.25. The molecule has 0 radical (unpaired) electrons. The summed E-state index contributed by atoms with van der Waals surface area (Å²) in [4.78, 5) is 0. The van der Waals surface area contributed by atoms with Gasteiger partial charge in [-0.3, -0.25) is 0 Å². The summed E-state index contributed by atoms with van der Waals surface area (Å²) >= 11 is 1.66. The van der Waals surface area contributed by atoms with Gasteiger partial charge in [0, 0.05) is 4.78 Å². The zero-order chi connectivity index (χ0) is 14.4. The summed E-state index contributed by atoms with van der Waals surface area (Å²) in [6.07, 6.45) is 0.0381. The van der Waals surface area contributed by atoms with Crippen LogP contribution in [0.5, 0.6) is 0 Å². The van der Waals surface area contributed by atoms with Gasteiger partial charge in [-0.15, -0.1) is 0 Å². The maximum atomic E-state index is 6.07. The highest BCUT2D eigenvalue weighted by Gasteiger charge is 2.52. The van der Waals surface area contributed by atoms with Crippen molar-refractivity contribution >= 4 is 23.2 Å². The van der Waals surface area contributed by atoms with Crippen LogP contribution >= 0.6 is 11.3 Å². The summed E-state index contributed by atoms with van der Waals surface area (Å²) in [5.74, 6) is 0. The van der Waals surface area contributed by atoms with Crippen molar-refractivity contribution in [2.75, 3.05) is 19.8 Å². The van der Waals surface area contributed by atoms with Crippen LogP contribution in [0.15, 0.2) is 11.4 Å². The van der Waals surface area contributed by atoms with Crippen molar-refractivity contribution < 1.29 is 18.8 Å². The van der Waals surface area contributed by atoms with E-state index < -0.39 is 0 Å². The molecular weight excluding hydrogens is 275 g/mol. The smallest absolute Gasteiger partial charge is 0.399 e. The Morgan fingerprint density at radius 3 is 2.45 bits per heavy atom. The molecule has 2 aliphatic heterocycles. The molecule has 1 aromatic rings. The van der Waals surface area contributed by atoms with Crippen LogP contribution in [0.2, 0.25) is 0 Å². The first-order valence-corrected chi connectivity index (χ1v) is 7.90. The molecule has 2 aliphatic rings. The van der Waals surface area contributed by atoms with Crippen molar-refractivity contribution in [2.24, 2.45) is 0 Å². The Morgan fingerprint density at radius 1 is 1.15 bits per heavy atom. The largest absolute Gasteiger partial charge is 0.505 e. The third kappa shape index (κ3) is 2.55. The van der Waals surface area contributed by atoms with E-state index in [9.17, 15) is 0 Å². The molecule has 0 saturated carbocycles. The molecular formula is C14H21BO4S. The van der Waals surface area contributed by atoms with E-state index in [1.165, 1.54) is 0 Å². The number of hydrogen-bond donors (Lipinski definition) is 0. The van der Waals surface area contributed by atoms with Crippen LogP contribution in [0.1, 0.15) is 39.4 Å². The van der Waals surface area contributed by atoms with Crippen molar-refractivity contribution in [3.05, 3.63) is 17.0 Å². The number of rotatable bonds is 2. The fourth-order valence-electron chi connectivity index (χ4n) is 2.30. The third-order valence-electron chi connectivity index (χ3n) is 4.31. The molecule has 3 heterocycles. The second-order valence-electron chi connectivity index (χ2n) is 6.31. The van der Waals surface area contributed by atoms with E-state index >= 15 is 0 Å². The maximum Gasteiger partial charge on any atom is 0.505 e. The van der Waals surface area contributed by atoms with Crippen molar-refractivity contribution in [1.29, 1.82) is 0 Å². The zero-order valence-corrected chi connectivity index (χ0v) is 13.3. The summed E-state index contributed by atoms with van der Waals surface area (Å²) in [5, 5.41) is 2.11. The van der Waals surface area contributed by atoms with Crippen LogP contribution < -0.4 is 4.78 Å². The third-order valence-corrected chi connectivity index (χ3v) is 5.29. The maximum absolute atomic E-state index is 6.07. The van der Waals surface area contributed by atoms with Crippen LogP contribution in [0.4, 0.5) is 0 Å². The predicted octanol–water partition coefficient (Wildman–Crippen LogP) is 2.14. The van der Waals surface area contributed by atoms with E-state index in [2.05, 4.69) is 39.1 Å². The average Bonchev–Trinajstić information content (AvgIpc) is 2.94. The Morgan fingerprint density at radius 2 is 1.85 bits per heavy atom. The molecule has 1 unspecified atom stereocenters. The second kappa shape index (κ2) is 5.11. The van der Waals surface area contributed by atoms with E-state index in [1.54, 1.807) is 11.3 Å². The molecule has 20 heavy (non-hydrogen) atoms. The molecule has 4 nitrogen and oxygen atoms in total. The number of hydrogen-bond acceptors (Lipinski definition) is 5. The Balaban J connectivity index is 1.74. The van der Waals surface area contributed by atoms with Gasteiger partial charge in [0.05, 0.1) is 31.0 Å². The number of ether oxygens (including phenoxy) is 2. The molecule has 110 valence electrons. The topological polar surface area (TPSA) is 36.9 Å². The highest BCUT2D eigenvalue weighted by atomic mass is 32.1. The highest BCUT2D eigenvalue weighted by molar-refractivity contribution is 7.20. The Kier molecular flexibility index (Phi) is 3.71. The minimum atomic E-state index is -0.299. The highest BCUT2D eigenvalue weighted by Crippen LogP contribution is 2.37. The molecule has 0 spiro atoms. The van der Waals surface area contributed by atoms with Crippen molar-refractivity contribution in [2.45, 2.75) is 45.0 Å². The summed E-state index contributed by atoms with van der Waals surface area (Å²) in [5.41, 5.74) is 0.554. The molecule has 2 fully saturated rings. The zero-order valence-electron chi connectivity index (χ0n) is 12.5. The average molecular weight is 296 g/mol. The number of thiophene rings is 1. The van der Waals surface area contributed by atoms with Crippen molar-refractivity contribution in [3.63, 3.8) is 0 Å². The Labute approximate surface area is 124 Å². The molecule has 2 saturated heterocycles. The lowest BCUT2D eigenvalue weighted by molar-refractivity contribution is -0.0899.